The lowest BCUT2D eigenvalue weighted by atomic mass is 9.96. The number of nitrogen functional groups attached to an aromatic ring is 1. The smallest absolute Gasteiger partial charge is 0.222 e. The third-order valence-electron chi connectivity index (χ3n) is 4.42. The van der Waals surface area contributed by atoms with E-state index in [2.05, 4.69) is 26.4 Å². The normalized spacial score (nSPS) is 24.7. The van der Waals surface area contributed by atoms with Crippen molar-refractivity contribution in [3.8, 4) is 0 Å². The van der Waals surface area contributed by atoms with E-state index in [-0.39, 0.29) is 0 Å². The van der Waals surface area contributed by atoms with Crippen LogP contribution in [0.2, 0.25) is 0 Å². The van der Waals surface area contributed by atoms with E-state index in [1.165, 1.54) is 30.5 Å². The third kappa shape index (κ3) is 1.76. The summed E-state index contributed by atoms with van der Waals surface area (Å²) < 4.78 is 0. The molecule has 5 nitrogen and oxygen atoms in total. The van der Waals surface area contributed by atoms with Gasteiger partial charge in [-0.05, 0) is 32.1 Å². The van der Waals surface area contributed by atoms with Crippen LogP contribution in [0.25, 0.3) is 0 Å². The molecule has 19 heavy (non-hydrogen) atoms. The summed E-state index contributed by atoms with van der Waals surface area (Å²) in [6.45, 7) is 2.14. The molecule has 1 aromatic heterocycles. The van der Waals surface area contributed by atoms with Gasteiger partial charge in [0.25, 0.3) is 0 Å². The van der Waals surface area contributed by atoms with Gasteiger partial charge in [-0.15, -0.1) is 0 Å². The van der Waals surface area contributed by atoms with Gasteiger partial charge in [-0.25, -0.2) is 4.98 Å². The van der Waals surface area contributed by atoms with Crippen molar-refractivity contribution >= 4 is 11.8 Å². The summed E-state index contributed by atoms with van der Waals surface area (Å²) in [7, 11) is 0. The number of aryl methyl sites for hydroxylation is 1. The number of hydrogen-bond acceptors (Lipinski definition) is 5. The first kappa shape index (κ1) is 11.1. The second kappa shape index (κ2) is 4.11. The molecule has 0 amide bonds. The van der Waals surface area contributed by atoms with Crippen molar-refractivity contribution in [2.24, 2.45) is 5.92 Å². The molecule has 0 radical (unpaired) electrons. The van der Waals surface area contributed by atoms with Crippen LogP contribution < -0.4 is 16.0 Å². The van der Waals surface area contributed by atoms with E-state index >= 15 is 0 Å². The number of nitrogens with one attached hydrogen (secondary N) is 1. The van der Waals surface area contributed by atoms with Crippen molar-refractivity contribution < 1.29 is 0 Å². The van der Waals surface area contributed by atoms with E-state index in [9.17, 15) is 0 Å². The summed E-state index contributed by atoms with van der Waals surface area (Å²) in [5, 5.41) is 3.46. The van der Waals surface area contributed by atoms with E-state index in [1.54, 1.807) is 0 Å². The Labute approximate surface area is 112 Å². The molecule has 0 saturated carbocycles. The van der Waals surface area contributed by atoms with Gasteiger partial charge in [0.15, 0.2) is 0 Å². The fourth-order valence-electron chi connectivity index (χ4n) is 3.47. The highest BCUT2D eigenvalue weighted by Crippen LogP contribution is 2.34. The zero-order chi connectivity index (χ0) is 12.8. The van der Waals surface area contributed by atoms with Crippen LogP contribution >= 0.6 is 0 Å². The van der Waals surface area contributed by atoms with Crippen molar-refractivity contribution in [3.63, 3.8) is 0 Å². The molecule has 3 aliphatic rings. The van der Waals surface area contributed by atoms with Gasteiger partial charge in [-0.3, -0.25) is 0 Å². The summed E-state index contributed by atoms with van der Waals surface area (Å²) in [6, 6.07) is 0. The van der Waals surface area contributed by atoms with Crippen molar-refractivity contribution in [1.29, 1.82) is 0 Å². The summed E-state index contributed by atoms with van der Waals surface area (Å²) in [5.41, 5.74) is 9.72. The first-order valence-corrected chi connectivity index (χ1v) is 7.19. The van der Waals surface area contributed by atoms with Crippen molar-refractivity contribution in [3.05, 3.63) is 23.2 Å². The monoisotopic (exact) mass is 257 g/mol. The Morgan fingerprint density at radius 2 is 2.16 bits per heavy atom. The van der Waals surface area contributed by atoms with E-state index in [0.29, 0.717) is 11.9 Å². The van der Waals surface area contributed by atoms with Gasteiger partial charge in [0.1, 0.15) is 5.82 Å². The maximum Gasteiger partial charge on any atom is 0.222 e. The minimum atomic E-state index is 0.416. The highest BCUT2D eigenvalue weighted by molar-refractivity contribution is 5.57. The molecule has 1 aromatic rings. The number of aromatic nitrogens is 2. The van der Waals surface area contributed by atoms with Crippen molar-refractivity contribution in [2.45, 2.75) is 32.1 Å². The average Bonchev–Trinajstić information content (AvgIpc) is 2.98. The lowest BCUT2D eigenvalue weighted by molar-refractivity contribution is 0.648. The van der Waals surface area contributed by atoms with E-state index in [1.807, 2.05) is 0 Å². The van der Waals surface area contributed by atoms with Crippen LogP contribution in [0.5, 0.6) is 0 Å². The molecule has 1 atom stereocenters. The Kier molecular flexibility index (Phi) is 2.40. The molecule has 1 unspecified atom stereocenters. The van der Waals surface area contributed by atoms with Gasteiger partial charge in [0.05, 0.1) is 5.69 Å². The van der Waals surface area contributed by atoms with Gasteiger partial charge in [-0.1, -0.05) is 0 Å². The number of hydrogen-bond donors (Lipinski definition) is 2. The highest BCUT2D eigenvalue weighted by Gasteiger charge is 2.31. The topological polar surface area (TPSA) is 67.1 Å². The Morgan fingerprint density at radius 1 is 1.26 bits per heavy atom. The van der Waals surface area contributed by atoms with E-state index in [4.69, 9.17) is 5.73 Å². The maximum atomic E-state index is 5.88. The minimum absolute atomic E-state index is 0.416. The second-order valence-corrected chi connectivity index (χ2v) is 5.69. The first-order chi connectivity index (χ1) is 9.31. The Morgan fingerprint density at radius 3 is 3.05 bits per heavy atom. The highest BCUT2D eigenvalue weighted by atomic mass is 15.2. The number of anilines is 2. The SMILES string of the molecule is Nc1nc2c(c(N3C=C4NCCC4C3)n1)CCCC2. The van der Waals surface area contributed by atoms with Crippen LogP contribution in [0.1, 0.15) is 30.5 Å². The fraction of sp³-hybridized carbons (Fsp3) is 0.571. The summed E-state index contributed by atoms with van der Waals surface area (Å²) in [4.78, 5) is 11.2. The number of rotatable bonds is 1. The van der Waals surface area contributed by atoms with E-state index in [0.717, 1.165) is 37.4 Å². The molecule has 1 fully saturated rings. The molecule has 3 N–H and O–H groups in total. The Hall–Kier alpha value is -1.78. The second-order valence-electron chi connectivity index (χ2n) is 5.69. The molecule has 1 saturated heterocycles. The van der Waals surface area contributed by atoms with Crippen molar-refractivity contribution in [1.82, 2.24) is 15.3 Å². The van der Waals surface area contributed by atoms with Gasteiger partial charge in [0.2, 0.25) is 5.95 Å². The van der Waals surface area contributed by atoms with Gasteiger partial charge < -0.3 is 16.0 Å². The molecule has 0 spiro atoms. The molecule has 2 aliphatic heterocycles. The summed E-state index contributed by atoms with van der Waals surface area (Å²) >= 11 is 0. The average molecular weight is 257 g/mol. The van der Waals surface area contributed by atoms with E-state index < -0.39 is 0 Å². The molecular formula is C14H19N5. The summed E-state index contributed by atoms with van der Waals surface area (Å²) in [5.74, 6) is 2.11. The Bertz CT molecular complexity index is 551. The molecular weight excluding hydrogens is 238 g/mol. The molecule has 1 aliphatic carbocycles. The number of nitrogens with two attached hydrogens (primary N) is 1. The van der Waals surface area contributed by atoms with Crippen LogP contribution in [0.3, 0.4) is 0 Å². The fourth-order valence-corrected chi connectivity index (χ4v) is 3.47. The zero-order valence-electron chi connectivity index (χ0n) is 11.0. The van der Waals surface area contributed by atoms with Gasteiger partial charge >= 0.3 is 0 Å². The summed E-state index contributed by atoms with van der Waals surface area (Å²) in [6.07, 6.45) is 8.02. The quantitative estimate of drug-likeness (QED) is 0.791. The van der Waals surface area contributed by atoms with Crippen LogP contribution in [-0.2, 0) is 12.8 Å². The molecule has 0 aromatic carbocycles. The lowest BCUT2D eigenvalue weighted by Gasteiger charge is -2.24. The minimum Gasteiger partial charge on any atom is -0.387 e. The van der Waals surface area contributed by atoms with Crippen LogP contribution in [0, 0.1) is 5.92 Å². The predicted molar refractivity (Wildman–Crippen MR) is 74.6 cm³/mol. The third-order valence-corrected chi connectivity index (χ3v) is 4.42. The zero-order valence-corrected chi connectivity index (χ0v) is 11.0. The number of fused-ring (bicyclic) bond motifs is 2. The molecule has 3 heterocycles. The van der Waals surface area contributed by atoms with Gasteiger partial charge in [-0.2, -0.15) is 4.98 Å². The number of nitrogens with zero attached hydrogens (tertiary/aromatic N) is 3. The maximum absolute atomic E-state index is 5.88. The molecule has 5 heteroatoms. The van der Waals surface area contributed by atoms with Gasteiger partial charge in [0, 0.05) is 36.5 Å². The lowest BCUT2D eigenvalue weighted by Crippen LogP contribution is -2.23. The van der Waals surface area contributed by atoms with Crippen molar-refractivity contribution in [2.75, 3.05) is 23.7 Å². The molecule has 100 valence electrons. The Balaban J connectivity index is 1.75. The van der Waals surface area contributed by atoms with Crippen LogP contribution in [0.4, 0.5) is 11.8 Å². The molecule has 4 rings (SSSR count). The largest absolute Gasteiger partial charge is 0.387 e. The first-order valence-electron chi connectivity index (χ1n) is 7.19. The standard InChI is InChI=1S/C14H19N5/c15-14-17-11-4-2-1-3-10(11)13(18-14)19-7-9-5-6-16-12(9)8-19/h8-9,16H,1-7H2,(H2,15,17,18). The van der Waals surface area contributed by atoms with Crippen LogP contribution in [-0.4, -0.2) is 23.1 Å². The molecule has 0 bridgehead atoms. The van der Waals surface area contributed by atoms with Crippen LogP contribution in [0.15, 0.2) is 11.9 Å². The predicted octanol–water partition coefficient (Wildman–Crippen LogP) is 1.21.